The molecular weight excluding hydrogens is 477 g/mol. The lowest BCUT2D eigenvalue weighted by Gasteiger charge is -2.27. The van der Waals surface area contributed by atoms with Gasteiger partial charge in [-0.15, -0.1) is 24.0 Å². The maximum Gasteiger partial charge on any atom is 0.191 e. The molecule has 2 aliphatic rings. The molecule has 0 radical (unpaired) electrons. The summed E-state index contributed by atoms with van der Waals surface area (Å²) in [6.07, 6.45) is 4.04. The third kappa shape index (κ3) is 8.78. The van der Waals surface area contributed by atoms with Crippen molar-refractivity contribution < 1.29 is 4.74 Å². The summed E-state index contributed by atoms with van der Waals surface area (Å²) in [4.78, 5) is 9.87. The summed E-state index contributed by atoms with van der Waals surface area (Å²) in [7, 11) is 0. The number of hydrogen-bond acceptors (Lipinski definition) is 4. The zero-order valence-electron chi connectivity index (χ0n) is 17.9. The van der Waals surface area contributed by atoms with Crippen LogP contribution in [0.15, 0.2) is 29.3 Å². The maximum absolute atomic E-state index is 5.42. The molecule has 0 spiro atoms. The first-order valence-corrected chi connectivity index (χ1v) is 11.0. The van der Waals surface area contributed by atoms with Crippen LogP contribution in [0, 0.1) is 0 Å². The van der Waals surface area contributed by atoms with Gasteiger partial charge in [0.05, 0.1) is 19.8 Å². The second kappa shape index (κ2) is 14.2. The standard InChI is InChI=1S/C22H37N5O.HI/c1-2-23-22(24-10-13-26-14-16-28-17-15-26)25-18-20-8-4-5-9-21(20)19-27-11-6-3-7-12-27;/h4-5,8-9H,2-3,6-7,10-19H2,1H3,(H2,23,24,25);1H. The van der Waals surface area contributed by atoms with Gasteiger partial charge in [0.15, 0.2) is 5.96 Å². The summed E-state index contributed by atoms with van der Waals surface area (Å²) in [5.41, 5.74) is 2.75. The van der Waals surface area contributed by atoms with Gasteiger partial charge in [0.1, 0.15) is 0 Å². The van der Waals surface area contributed by atoms with Crippen LogP contribution >= 0.6 is 24.0 Å². The van der Waals surface area contributed by atoms with Gasteiger partial charge >= 0.3 is 0 Å². The van der Waals surface area contributed by atoms with Crippen molar-refractivity contribution in [2.45, 2.75) is 39.3 Å². The fourth-order valence-electron chi connectivity index (χ4n) is 3.89. The number of likely N-dealkylation sites (tertiary alicyclic amines) is 1. The van der Waals surface area contributed by atoms with E-state index in [0.29, 0.717) is 0 Å². The second-order valence-corrected chi connectivity index (χ2v) is 7.68. The first-order valence-electron chi connectivity index (χ1n) is 11.0. The molecular formula is C22H38IN5O. The molecule has 2 fully saturated rings. The predicted molar refractivity (Wildman–Crippen MR) is 131 cm³/mol. The Balaban J connectivity index is 0.00000300. The van der Waals surface area contributed by atoms with Crippen molar-refractivity contribution in [3.05, 3.63) is 35.4 Å². The molecule has 0 amide bonds. The van der Waals surface area contributed by atoms with E-state index in [1.807, 2.05) is 0 Å². The lowest BCUT2D eigenvalue weighted by Crippen LogP contribution is -2.44. The Morgan fingerprint density at radius 3 is 2.41 bits per heavy atom. The quantitative estimate of drug-likeness (QED) is 0.317. The Bertz CT molecular complexity index is 601. The molecule has 2 N–H and O–H groups in total. The highest BCUT2D eigenvalue weighted by molar-refractivity contribution is 14.0. The summed E-state index contributed by atoms with van der Waals surface area (Å²) < 4.78 is 5.42. The fraction of sp³-hybridized carbons (Fsp3) is 0.682. The summed E-state index contributed by atoms with van der Waals surface area (Å²) in [5.74, 6) is 0.906. The third-order valence-electron chi connectivity index (χ3n) is 5.54. The number of aliphatic imine (C=N–C) groups is 1. The van der Waals surface area contributed by atoms with E-state index in [4.69, 9.17) is 9.73 Å². The van der Waals surface area contributed by atoms with E-state index in [9.17, 15) is 0 Å². The minimum atomic E-state index is 0. The first-order chi connectivity index (χ1) is 13.8. The molecule has 0 atom stereocenters. The summed E-state index contributed by atoms with van der Waals surface area (Å²) in [5, 5.41) is 6.86. The van der Waals surface area contributed by atoms with Gasteiger partial charge in [-0.25, -0.2) is 4.99 Å². The molecule has 0 saturated carbocycles. The van der Waals surface area contributed by atoms with Crippen LogP contribution in [0.25, 0.3) is 0 Å². The van der Waals surface area contributed by atoms with Crippen molar-refractivity contribution in [3.8, 4) is 0 Å². The van der Waals surface area contributed by atoms with Crippen molar-refractivity contribution in [1.29, 1.82) is 0 Å². The first kappa shape index (κ1) is 24.4. The topological polar surface area (TPSA) is 52.1 Å². The third-order valence-corrected chi connectivity index (χ3v) is 5.54. The zero-order valence-corrected chi connectivity index (χ0v) is 20.2. The van der Waals surface area contributed by atoms with Gasteiger partial charge < -0.3 is 15.4 Å². The Kier molecular flexibility index (Phi) is 11.9. The lowest BCUT2D eigenvalue weighted by molar-refractivity contribution is 0.0389. The lowest BCUT2D eigenvalue weighted by atomic mass is 10.1. The number of piperidine rings is 1. The van der Waals surface area contributed by atoms with E-state index in [-0.39, 0.29) is 24.0 Å². The Morgan fingerprint density at radius 2 is 1.69 bits per heavy atom. The molecule has 164 valence electrons. The maximum atomic E-state index is 5.42. The Morgan fingerprint density at radius 1 is 0.966 bits per heavy atom. The molecule has 2 saturated heterocycles. The number of halogens is 1. The fourth-order valence-corrected chi connectivity index (χ4v) is 3.89. The minimum Gasteiger partial charge on any atom is -0.379 e. The largest absolute Gasteiger partial charge is 0.379 e. The SMILES string of the molecule is CCNC(=NCc1ccccc1CN1CCCCC1)NCCN1CCOCC1.I. The molecule has 0 aromatic heterocycles. The molecule has 1 aromatic rings. The average molecular weight is 515 g/mol. The van der Waals surface area contributed by atoms with Crippen LogP contribution in [0.1, 0.15) is 37.3 Å². The van der Waals surface area contributed by atoms with E-state index in [0.717, 1.165) is 65.0 Å². The molecule has 0 unspecified atom stereocenters. The van der Waals surface area contributed by atoms with Crippen molar-refractivity contribution in [3.63, 3.8) is 0 Å². The van der Waals surface area contributed by atoms with Gasteiger partial charge in [0.25, 0.3) is 0 Å². The molecule has 0 bridgehead atoms. The zero-order chi connectivity index (χ0) is 19.4. The predicted octanol–water partition coefficient (Wildman–Crippen LogP) is 2.68. The van der Waals surface area contributed by atoms with Crippen LogP contribution in [0.2, 0.25) is 0 Å². The Labute approximate surface area is 193 Å². The Hall–Kier alpha value is -0.900. The smallest absolute Gasteiger partial charge is 0.191 e. The van der Waals surface area contributed by atoms with Crippen LogP contribution in [0.5, 0.6) is 0 Å². The van der Waals surface area contributed by atoms with Gasteiger partial charge in [0.2, 0.25) is 0 Å². The number of morpholine rings is 1. The van der Waals surface area contributed by atoms with E-state index in [2.05, 4.69) is 51.6 Å². The van der Waals surface area contributed by atoms with Gasteiger partial charge in [-0.1, -0.05) is 30.7 Å². The molecule has 1 aromatic carbocycles. The van der Waals surface area contributed by atoms with Crippen molar-refractivity contribution in [2.24, 2.45) is 4.99 Å². The molecule has 2 aliphatic heterocycles. The van der Waals surface area contributed by atoms with Crippen LogP contribution in [-0.4, -0.2) is 74.8 Å². The highest BCUT2D eigenvalue weighted by Crippen LogP contribution is 2.16. The summed E-state index contributed by atoms with van der Waals surface area (Å²) in [6, 6.07) is 8.76. The number of nitrogens with zero attached hydrogens (tertiary/aromatic N) is 3. The van der Waals surface area contributed by atoms with Crippen molar-refractivity contribution >= 4 is 29.9 Å². The number of nitrogens with one attached hydrogen (secondary N) is 2. The van der Waals surface area contributed by atoms with Crippen molar-refractivity contribution in [2.75, 3.05) is 59.0 Å². The number of ether oxygens (including phenoxy) is 1. The molecule has 6 nitrogen and oxygen atoms in total. The molecule has 3 rings (SSSR count). The van der Waals surface area contributed by atoms with Crippen LogP contribution in [-0.2, 0) is 17.8 Å². The van der Waals surface area contributed by atoms with Gasteiger partial charge in [-0.05, 0) is 44.0 Å². The van der Waals surface area contributed by atoms with Gasteiger partial charge in [0, 0.05) is 39.3 Å². The van der Waals surface area contributed by atoms with Crippen molar-refractivity contribution in [1.82, 2.24) is 20.4 Å². The molecule has 29 heavy (non-hydrogen) atoms. The number of benzene rings is 1. The van der Waals surface area contributed by atoms with E-state index < -0.39 is 0 Å². The van der Waals surface area contributed by atoms with E-state index in [1.54, 1.807) is 0 Å². The summed E-state index contributed by atoms with van der Waals surface area (Å²) >= 11 is 0. The van der Waals surface area contributed by atoms with E-state index >= 15 is 0 Å². The minimum absolute atomic E-state index is 0. The molecule has 7 heteroatoms. The molecule has 0 aliphatic carbocycles. The van der Waals surface area contributed by atoms with Crippen LogP contribution in [0.3, 0.4) is 0 Å². The van der Waals surface area contributed by atoms with Gasteiger partial charge in [-0.3, -0.25) is 9.80 Å². The van der Waals surface area contributed by atoms with Crippen LogP contribution in [0.4, 0.5) is 0 Å². The van der Waals surface area contributed by atoms with Crippen LogP contribution < -0.4 is 10.6 Å². The van der Waals surface area contributed by atoms with E-state index in [1.165, 1.54) is 43.5 Å². The van der Waals surface area contributed by atoms with Gasteiger partial charge in [-0.2, -0.15) is 0 Å². The monoisotopic (exact) mass is 515 g/mol. The number of hydrogen-bond donors (Lipinski definition) is 2. The summed E-state index contributed by atoms with van der Waals surface area (Å²) in [6.45, 7) is 12.9. The number of guanidine groups is 1. The highest BCUT2D eigenvalue weighted by Gasteiger charge is 2.13. The normalized spacial score (nSPS) is 18.9. The number of rotatable bonds is 8. The molecule has 2 heterocycles. The average Bonchev–Trinajstić information content (AvgIpc) is 2.74. The highest BCUT2D eigenvalue weighted by atomic mass is 127. The second-order valence-electron chi connectivity index (χ2n) is 7.68.